The zero-order valence-electron chi connectivity index (χ0n) is 12.3. The van der Waals surface area contributed by atoms with Crippen LogP contribution >= 0.6 is 0 Å². The maximum absolute atomic E-state index is 11.8. The Hall–Kier alpha value is -1.83. The van der Waals surface area contributed by atoms with E-state index in [-0.39, 0.29) is 25.4 Å². The van der Waals surface area contributed by atoms with Crippen molar-refractivity contribution in [3.05, 3.63) is 0 Å². The van der Waals surface area contributed by atoms with Crippen LogP contribution in [0.3, 0.4) is 0 Å². The van der Waals surface area contributed by atoms with Gasteiger partial charge in [-0.05, 0) is 19.3 Å². The van der Waals surface area contributed by atoms with Gasteiger partial charge in [-0.2, -0.15) is 0 Å². The first kappa shape index (κ1) is 17.2. The van der Waals surface area contributed by atoms with Gasteiger partial charge in [0, 0.05) is 26.7 Å². The van der Waals surface area contributed by atoms with Crippen molar-refractivity contribution in [2.24, 2.45) is 0 Å². The van der Waals surface area contributed by atoms with Crippen LogP contribution in [0.15, 0.2) is 0 Å². The van der Waals surface area contributed by atoms with E-state index in [0.717, 1.165) is 32.4 Å². The third-order valence-electron chi connectivity index (χ3n) is 3.33. The Morgan fingerprint density at radius 1 is 1.19 bits per heavy atom. The highest BCUT2D eigenvalue weighted by atomic mass is 16.5. The molecule has 21 heavy (non-hydrogen) atoms. The molecule has 1 atom stereocenters. The van der Waals surface area contributed by atoms with Gasteiger partial charge in [0.05, 0.1) is 19.1 Å². The molecule has 1 unspecified atom stereocenters. The maximum atomic E-state index is 11.8. The number of amides is 3. The van der Waals surface area contributed by atoms with Gasteiger partial charge in [-0.1, -0.05) is 0 Å². The third kappa shape index (κ3) is 6.94. The third-order valence-corrected chi connectivity index (χ3v) is 3.33. The van der Waals surface area contributed by atoms with Gasteiger partial charge in [0.15, 0.2) is 0 Å². The minimum atomic E-state index is -0.996. The molecule has 1 aliphatic heterocycles. The molecule has 1 saturated heterocycles. The molecule has 3 N–H and O–H groups in total. The zero-order chi connectivity index (χ0) is 15.7. The number of rotatable bonds is 7. The number of nitrogens with one attached hydrogen (secondary N) is 2. The first-order valence-electron chi connectivity index (χ1n) is 7.07. The summed E-state index contributed by atoms with van der Waals surface area (Å²) < 4.78 is 4.93. The van der Waals surface area contributed by atoms with Gasteiger partial charge in [-0.15, -0.1) is 0 Å². The second kappa shape index (κ2) is 9.17. The van der Waals surface area contributed by atoms with Crippen LogP contribution in [0.5, 0.6) is 0 Å². The largest absolute Gasteiger partial charge is 0.481 e. The highest BCUT2D eigenvalue weighted by Gasteiger charge is 2.17. The van der Waals surface area contributed by atoms with E-state index in [1.165, 1.54) is 7.11 Å². The molecule has 0 saturated carbocycles. The van der Waals surface area contributed by atoms with Crippen molar-refractivity contribution in [2.45, 2.75) is 31.8 Å². The Morgan fingerprint density at radius 3 is 2.43 bits per heavy atom. The van der Waals surface area contributed by atoms with Gasteiger partial charge < -0.3 is 25.4 Å². The number of hydrogen-bond acceptors (Lipinski definition) is 4. The van der Waals surface area contributed by atoms with Gasteiger partial charge >= 0.3 is 12.0 Å². The highest BCUT2D eigenvalue weighted by molar-refractivity contribution is 5.84. The molecule has 0 bridgehead atoms. The molecular formula is C13H23N3O5. The molecule has 0 radical (unpaired) electrons. The number of carbonyl (C=O) groups is 3. The lowest BCUT2D eigenvalue weighted by Gasteiger charge is -2.26. The maximum Gasteiger partial charge on any atom is 0.315 e. The molecule has 3 amide bonds. The van der Waals surface area contributed by atoms with Crippen LogP contribution in [0.4, 0.5) is 4.79 Å². The quantitative estimate of drug-likeness (QED) is 0.603. The second-order valence-corrected chi connectivity index (χ2v) is 4.96. The van der Waals surface area contributed by atoms with Crippen LogP contribution < -0.4 is 10.6 Å². The Morgan fingerprint density at radius 2 is 1.86 bits per heavy atom. The molecule has 8 heteroatoms. The number of likely N-dealkylation sites (tertiary alicyclic amines) is 1. The SMILES string of the molecule is COC(CNC(=O)NCC(=O)N1CCCCC1)CC(=O)O. The summed E-state index contributed by atoms with van der Waals surface area (Å²) in [5.41, 5.74) is 0. The monoisotopic (exact) mass is 301 g/mol. The molecule has 1 fully saturated rings. The number of carbonyl (C=O) groups excluding carboxylic acids is 2. The van der Waals surface area contributed by atoms with Crippen molar-refractivity contribution < 1.29 is 24.2 Å². The van der Waals surface area contributed by atoms with Gasteiger partial charge in [-0.25, -0.2) is 4.79 Å². The number of aliphatic carboxylic acids is 1. The molecule has 0 aromatic carbocycles. The Labute approximate surface area is 123 Å². The molecule has 0 aliphatic carbocycles. The van der Waals surface area contributed by atoms with Crippen molar-refractivity contribution >= 4 is 17.9 Å². The summed E-state index contributed by atoms with van der Waals surface area (Å²) >= 11 is 0. The number of urea groups is 1. The first-order valence-corrected chi connectivity index (χ1v) is 7.07. The van der Waals surface area contributed by atoms with E-state index in [9.17, 15) is 14.4 Å². The Bertz CT molecular complexity index is 369. The van der Waals surface area contributed by atoms with Crippen molar-refractivity contribution in [3.63, 3.8) is 0 Å². The Balaban J connectivity index is 2.20. The molecule has 8 nitrogen and oxygen atoms in total. The molecule has 0 aromatic heterocycles. The number of methoxy groups -OCH3 is 1. The standard InChI is InChI=1S/C13H23N3O5/c1-21-10(7-12(18)19)8-14-13(20)15-9-11(17)16-5-3-2-4-6-16/h10H,2-9H2,1H3,(H,18,19)(H2,14,15,20). The van der Waals surface area contributed by atoms with E-state index in [1.54, 1.807) is 4.90 Å². The van der Waals surface area contributed by atoms with E-state index in [0.29, 0.717) is 0 Å². The van der Waals surface area contributed by atoms with Crippen LogP contribution in [-0.4, -0.2) is 67.3 Å². The van der Waals surface area contributed by atoms with Crippen molar-refractivity contribution in [1.82, 2.24) is 15.5 Å². The number of hydrogen-bond donors (Lipinski definition) is 3. The van der Waals surface area contributed by atoms with Crippen LogP contribution in [0, 0.1) is 0 Å². The number of ether oxygens (including phenoxy) is 1. The number of carboxylic acid groups (broad SMARTS) is 1. The predicted octanol–water partition coefficient (Wildman–Crippen LogP) is -0.212. The minimum Gasteiger partial charge on any atom is -0.481 e. The smallest absolute Gasteiger partial charge is 0.315 e. The molecular weight excluding hydrogens is 278 g/mol. The molecule has 0 spiro atoms. The molecule has 0 aromatic rings. The lowest BCUT2D eigenvalue weighted by molar-refractivity contribution is -0.139. The topological polar surface area (TPSA) is 108 Å². The fraction of sp³-hybridized carbons (Fsp3) is 0.769. The average Bonchev–Trinajstić information content (AvgIpc) is 2.49. The molecule has 1 aliphatic rings. The van der Waals surface area contributed by atoms with Crippen LogP contribution in [0.25, 0.3) is 0 Å². The fourth-order valence-corrected chi connectivity index (χ4v) is 2.11. The second-order valence-electron chi connectivity index (χ2n) is 4.96. The van der Waals surface area contributed by atoms with Gasteiger partial charge in [0.25, 0.3) is 0 Å². The summed E-state index contributed by atoms with van der Waals surface area (Å²) in [4.78, 5) is 35.7. The van der Waals surface area contributed by atoms with E-state index >= 15 is 0 Å². The van der Waals surface area contributed by atoms with E-state index < -0.39 is 18.1 Å². The summed E-state index contributed by atoms with van der Waals surface area (Å²) in [6.45, 7) is 1.51. The molecule has 120 valence electrons. The number of nitrogens with zero attached hydrogens (tertiary/aromatic N) is 1. The Kier molecular flexibility index (Phi) is 7.52. The summed E-state index contributed by atoms with van der Waals surface area (Å²) in [6, 6.07) is -0.507. The summed E-state index contributed by atoms with van der Waals surface area (Å²) in [5, 5.41) is 13.6. The average molecular weight is 301 g/mol. The van der Waals surface area contributed by atoms with Crippen LogP contribution in [0.1, 0.15) is 25.7 Å². The van der Waals surface area contributed by atoms with E-state index in [1.807, 2.05) is 0 Å². The van der Waals surface area contributed by atoms with Crippen molar-refractivity contribution in [1.29, 1.82) is 0 Å². The molecule has 1 rings (SSSR count). The summed E-state index contributed by atoms with van der Waals surface area (Å²) in [7, 11) is 1.38. The van der Waals surface area contributed by atoms with Crippen molar-refractivity contribution in [2.75, 3.05) is 33.3 Å². The van der Waals surface area contributed by atoms with Gasteiger partial charge in [0.1, 0.15) is 0 Å². The van der Waals surface area contributed by atoms with Crippen molar-refractivity contribution in [3.8, 4) is 0 Å². The number of piperidine rings is 1. The van der Waals surface area contributed by atoms with Gasteiger partial charge in [0.2, 0.25) is 5.91 Å². The fourth-order valence-electron chi connectivity index (χ4n) is 2.11. The number of carboxylic acids is 1. The zero-order valence-corrected chi connectivity index (χ0v) is 12.3. The predicted molar refractivity (Wildman–Crippen MR) is 74.9 cm³/mol. The summed E-state index contributed by atoms with van der Waals surface area (Å²) in [6.07, 6.45) is 2.36. The summed E-state index contributed by atoms with van der Waals surface area (Å²) in [5.74, 6) is -1.09. The lowest BCUT2D eigenvalue weighted by atomic mass is 10.1. The van der Waals surface area contributed by atoms with Gasteiger partial charge in [-0.3, -0.25) is 9.59 Å². The van der Waals surface area contributed by atoms with Crippen LogP contribution in [0.2, 0.25) is 0 Å². The molecule has 1 heterocycles. The lowest BCUT2D eigenvalue weighted by Crippen LogP contribution is -2.46. The van der Waals surface area contributed by atoms with E-state index in [4.69, 9.17) is 9.84 Å². The van der Waals surface area contributed by atoms with Crippen LogP contribution in [-0.2, 0) is 14.3 Å². The van der Waals surface area contributed by atoms with E-state index in [2.05, 4.69) is 10.6 Å². The first-order chi connectivity index (χ1) is 10.0. The minimum absolute atomic E-state index is 0.0532. The normalized spacial score (nSPS) is 16.1. The highest BCUT2D eigenvalue weighted by Crippen LogP contribution is 2.08.